The van der Waals surface area contributed by atoms with Crippen LogP contribution < -0.4 is 10.1 Å². The number of carbonyl (C=O) groups is 1. The Bertz CT molecular complexity index is 1470. The minimum absolute atomic E-state index is 0.0399. The van der Waals surface area contributed by atoms with Gasteiger partial charge in [-0.1, -0.05) is 47.5 Å². The maximum absolute atomic E-state index is 14.0. The molecule has 0 saturated carbocycles. The third-order valence-electron chi connectivity index (χ3n) is 7.50. The van der Waals surface area contributed by atoms with E-state index in [0.29, 0.717) is 21.2 Å². The molecule has 42 heavy (non-hydrogen) atoms. The van der Waals surface area contributed by atoms with Gasteiger partial charge in [-0.2, -0.15) is 13.2 Å². The van der Waals surface area contributed by atoms with Crippen molar-refractivity contribution in [3.63, 3.8) is 0 Å². The van der Waals surface area contributed by atoms with E-state index in [9.17, 15) is 28.2 Å². The van der Waals surface area contributed by atoms with E-state index in [1.54, 1.807) is 62.4 Å². The van der Waals surface area contributed by atoms with Crippen molar-refractivity contribution in [1.29, 1.82) is 0 Å². The molecule has 0 aliphatic carbocycles. The van der Waals surface area contributed by atoms with Crippen LogP contribution in [-0.2, 0) is 17.3 Å². The van der Waals surface area contributed by atoms with Crippen LogP contribution in [0.2, 0.25) is 10.0 Å². The first-order chi connectivity index (χ1) is 19.8. The van der Waals surface area contributed by atoms with Crippen LogP contribution in [0.4, 0.5) is 18.0 Å². The van der Waals surface area contributed by atoms with E-state index < -0.39 is 41.6 Å². The fraction of sp³-hybridized carbons (Fsp3) is 0.333. The number of alkyl halides is 3. The highest BCUT2D eigenvalue weighted by Gasteiger charge is 2.59. The highest BCUT2D eigenvalue weighted by atomic mass is 35.5. The average molecular weight is 624 g/mol. The van der Waals surface area contributed by atoms with Crippen molar-refractivity contribution < 1.29 is 32.9 Å². The third-order valence-corrected chi connectivity index (χ3v) is 8.01. The van der Waals surface area contributed by atoms with Crippen molar-refractivity contribution in [3.05, 3.63) is 99.0 Å². The van der Waals surface area contributed by atoms with Gasteiger partial charge in [0.05, 0.1) is 30.4 Å². The first kappa shape index (κ1) is 31.6. The molecule has 1 aliphatic heterocycles. The van der Waals surface area contributed by atoms with Gasteiger partial charge in [0.1, 0.15) is 22.7 Å². The molecule has 12 heteroatoms. The summed E-state index contributed by atoms with van der Waals surface area (Å²) in [6.45, 7) is 4.40. The third kappa shape index (κ3) is 5.81. The predicted molar refractivity (Wildman–Crippen MR) is 155 cm³/mol. The number of hydrogen-bond donors (Lipinski definition) is 3. The molecule has 3 N–H and O–H groups in total. The lowest BCUT2D eigenvalue weighted by Crippen LogP contribution is -2.58. The lowest BCUT2D eigenvalue weighted by molar-refractivity contribution is -0.137. The van der Waals surface area contributed by atoms with Gasteiger partial charge >= 0.3 is 12.2 Å². The Morgan fingerprint density at radius 3 is 2.12 bits per heavy atom. The predicted octanol–water partition coefficient (Wildman–Crippen LogP) is 6.37. The number of carbonyl (C=O) groups excluding carboxylic acids is 1. The number of benzene rings is 3. The molecule has 0 spiro atoms. The Balaban J connectivity index is 2.03. The van der Waals surface area contributed by atoms with E-state index in [4.69, 9.17) is 32.9 Å². The first-order valence-corrected chi connectivity index (χ1v) is 13.8. The molecule has 1 heterocycles. The Labute approximate surface area is 251 Å². The zero-order valence-electron chi connectivity index (χ0n) is 23.0. The molecule has 0 bridgehead atoms. The summed E-state index contributed by atoms with van der Waals surface area (Å²) in [5.41, 5.74) is -2.01. The highest BCUT2D eigenvalue weighted by Crippen LogP contribution is 2.53. The fourth-order valence-electron chi connectivity index (χ4n) is 5.09. The molecule has 3 atom stereocenters. The smallest absolute Gasteiger partial charge is 0.416 e. The number of aliphatic imine (C=N–C) groups is 1. The first-order valence-electron chi connectivity index (χ1n) is 13.1. The van der Waals surface area contributed by atoms with Crippen molar-refractivity contribution >= 4 is 35.1 Å². The summed E-state index contributed by atoms with van der Waals surface area (Å²) in [6, 6.07) is 16.0. The summed E-state index contributed by atoms with van der Waals surface area (Å²) in [4.78, 5) is 20.5. The van der Waals surface area contributed by atoms with Gasteiger partial charge in [-0.25, -0.2) is 4.79 Å². The van der Waals surface area contributed by atoms with Crippen molar-refractivity contribution in [3.8, 4) is 5.75 Å². The molecule has 4 rings (SSSR count). The summed E-state index contributed by atoms with van der Waals surface area (Å²) in [5.74, 6) is -0.0730. The van der Waals surface area contributed by atoms with E-state index in [2.05, 4.69) is 5.32 Å². The van der Waals surface area contributed by atoms with Gasteiger partial charge in [0.2, 0.25) is 0 Å². The Hall–Kier alpha value is -3.31. The Kier molecular flexibility index (Phi) is 9.13. The largest absolute Gasteiger partial charge is 0.493 e. The minimum Gasteiger partial charge on any atom is -0.493 e. The van der Waals surface area contributed by atoms with Crippen LogP contribution in [0.3, 0.4) is 0 Å². The van der Waals surface area contributed by atoms with Crippen molar-refractivity contribution in [2.45, 2.75) is 44.1 Å². The van der Waals surface area contributed by atoms with Gasteiger partial charge in [0.25, 0.3) is 0 Å². The van der Waals surface area contributed by atoms with Crippen LogP contribution in [0.1, 0.15) is 43.0 Å². The molecular weight excluding hydrogens is 594 g/mol. The molecule has 0 saturated heterocycles. The molecule has 3 aromatic carbocycles. The zero-order valence-corrected chi connectivity index (χ0v) is 24.6. The maximum atomic E-state index is 14.0. The van der Waals surface area contributed by atoms with Crippen LogP contribution in [0.5, 0.6) is 5.75 Å². The molecule has 224 valence electrons. The number of amides is 2. The number of nitrogens with one attached hydrogen (secondary N) is 1. The summed E-state index contributed by atoms with van der Waals surface area (Å²) in [7, 11) is 0. The molecular formula is C30H30Cl2F3N3O4. The lowest BCUT2D eigenvalue weighted by atomic mass is 9.71. The number of rotatable bonds is 8. The second kappa shape index (κ2) is 12.1. The number of hydrogen-bond acceptors (Lipinski definition) is 5. The summed E-state index contributed by atoms with van der Waals surface area (Å²) >= 11 is 12.4. The van der Waals surface area contributed by atoms with Gasteiger partial charge in [-0.15, -0.1) is 0 Å². The number of aliphatic hydroxyl groups is 2. The van der Waals surface area contributed by atoms with Crippen LogP contribution in [-0.4, -0.2) is 52.8 Å². The normalized spacial score (nSPS) is 21.2. The van der Waals surface area contributed by atoms with Crippen LogP contribution >= 0.6 is 23.2 Å². The quantitative estimate of drug-likeness (QED) is 0.272. The van der Waals surface area contributed by atoms with Crippen LogP contribution in [0.15, 0.2) is 71.7 Å². The van der Waals surface area contributed by atoms with E-state index in [0.717, 1.165) is 12.1 Å². The number of amidine groups is 1. The van der Waals surface area contributed by atoms with Gasteiger partial charge in [-0.3, -0.25) is 9.89 Å². The summed E-state index contributed by atoms with van der Waals surface area (Å²) in [5, 5.41) is 22.9. The average Bonchev–Trinajstić information content (AvgIpc) is 3.20. The molecule has 1 aliphatic rings. The molecule has 0 fully saturated rings. The standard InChI is InChI=1S/C30H30Cl2F3N3O4/c1-4-42-25-15-20(30(33,34)35)9-14-24(25)26-37-28(2,18-5-10-21(31)11-6-18)29(3,19-7-12-22(32)13-8-19)38(26)27(41)36-16-23(40)17-39/h5-15,23,39-40H,4,16-17H2,1-3H3,(H,36,41). The van der Waals surface area contributed by atoms with Gasteiger partial charge < -0.3 is 20.3 Å². The van der Waals surface area contributed by atoms with Gasteiger partial charge in [-0.05, 0) is 74.4 Å². The Morgan fingerprint density at radius 2 is 1.60 bits per heavy atom. The molecule has 0 radical (unpaired) electrons. The zero-order chi connectivity index (χ0) is 30.9. The second-order valence-corrected chi connectivity index (χ2v) is 11.0. The van der Waals surface area contributed by atoms with E-state index in [1.807, 2.05) is 6.92 Å². The molecule has 0 aromatic heterocycles. The van der Waals surface area contributed by atoms with Crippen LogP contribution in [0, 0.1) is 0 Å². The summed E-state index contributed by atoms with van der Waals surface area (Å²) in [6.07, 6.45) is -5.87. The molecule has 3 aromatic rings. The van der Waals surface area contributed by atoms with Crippen LogP contribution in [0.25, 0.3) is 0 Å². The lowest BCUT2D eigenvalue weighted by Gasteiger charge is -2.45. The highest BCUT2D eigenvalue weighted by molar-refractivity contribution is 6.30. The van der Waals surface area contributed by atoms with Crippen molar-refractivity contribution in [2.24, 2.45) is 4.99 Å². The van der Waals surface area contributed by atoms with E-state index in [-0.39, 0.29) is 30.3 Å². The molecule has 3 unspecified atom stereocenters. The topological polar surface area (TPSA) is 94.4 Å². The number of urea groups is 1. The fourth-order valence-corrected chi connectivity index (χ4v) is 5.34. The monoisotopic (exact) mass is 623 g/mol. The SMILES string of the molecule is CCOc1cc(C(F)(F)F)ccc1C1=NC(C)(c2ccc(Cl)cc2)C(C)(c2ccc(Cl)cc2)N1C(=O)NCC(O)CO. The number of ether oxygens (including phenoxy) is 1. The number of nitrogens with zero attached hydrogens (tertiary/aromatic N) is 2. The Morgan fingerprint density at radius 1 is 1.02 bits per heavy atom. The van der Waals surface area contributed by atoms with Gasteiger partial charge in [0, 0.05) is 16.6 Å². The number of aliphatic hydroxyl groups excluding tert-OH is 2. The van der Waals surface area contributed by atoms with E-state index >= 15 is 0 Å². The maximum Gasteiger partial charge on any atom is 0.416 e. The molecule has 7 nitrogen and oxygen atoms in total. The minimum atomic E-state index is -4.63. The molecule has 2 amide bonds. The van der Waals surface area contributed by atoms with Crippen molar-refractivity contribution in [2.75, 3.05) is 19.8 Å². The number of halogens is 5. The van der Waals surface area contributed by atoms with Crippen molar-refractivity contribution in [1.82, 2.24) is 10.2 Å². The second-order valence-electron chi connectivity index (χ2n) is 10.1. The summed E-state index contributed by atoms with van der Waals surface area (Å²) < 4.78 is 46.6. The van der Waals surface area contributed by atoms with E-state index in [1.165, 1.54) is 11.0 Å². The van der Waals surface area contributed by atoms with Gasteiger partial charge in [0.15, 0.2) is 0 Å².